The Morgan fingerprint density at radius 1 is 1.06 bits per heavy atom. The van der Waals surface area contributed by atoms with Crippen molar-refractivity contribution < 1.29 is 9.47 Å². The Balaban J connectivity index is 2.03. The Morgan fingerprint density at radius 3 is 2.75 bits per heavy atom. The van der Waals surface area contributed by atoms with E-state index < -0.39 is 0 Å². The molecule has 3 nitrogen and oxygen atoms in total. The quantitative estimate of drug-likeness (QED) is 0.729. The van der Waals surface area contributed by atoms with Crippen molar-refractivity contribution >= 4 is 0 Å². The lowest BCUT2D eigenvalue weighted by atomic mass is 10.1. The monoisotopic (exact) mass is 213 g/mol. The van der Waals surface area contributed by atoms with Crippen LogP contribution in [0.3, 0.4) is 0 Å². The minimum atomic E-state index is 0.306. The molecule has 0 fully saturated rings. The first-order valence-corrected chi connectivity index (χ1v) is 5.15. The van der Waals surface area contributed by atoms with Crippen molar-refractivity contribution in [3.8, 4) is 22.8 Å². The summed E-state index contributed by atoms with van der Waals surface area (Å²) in [5.41, 5.74) is 3.15. The standard InChI is InChI=1S/C13H11NO2/c1-9-2-4-11(14-7-9)10-3-5-12-13(6-10)16-8-15-12/h2-7H,8H2,1H3. The highest BCUT2D eigenvalue weighted by Crippen LogP contribution is 2.35. The number of rotatable bonds is 1. The summed E-state index contributed by atoms with van der Waals surface area (Å²) in [4.78, 5) is 4.38. The molecule has 0 atom stereocenters. The summed E-state index contributed by atoms with van der Waals surface area (Å²) in [6, 6.07) is 9.92. The summed E-state index contributed by atoms with van der Waals surface area (Å²) in [6.45, 7) is 2.33. The van der Waals surface area contributed by atoms with Crippen LogP contribution in [0.5, 0.6) is 11.5 Å². The number of ether oxygens (including phenoxy) is 2. The maximum absolute atomic E-state index is 5.33. The Bertz CT molecular complexity index is 520. The van der Waals surface area contributed by atoms with Crippen LogP contribution in [0.25, 0.3) is 11.3 Å². The van der Waals surface area contributed by atoms with Crippen LogP contribution in [0.2, 0.25) is 0 Å². The Hall–Kier alpha value is -2.03. The molecule has 1 aliphatic heterocycles. The highest BCUT2D eigenvalue weighted by molar-refractivity contribution is 5.64. The smallest absolute Gasteiger partial charge is 0.231 e. The molecule has 3 rings (SSSR count). The third kappa shape index (κ3) is 1.50. The van der Waals surface area contributed by atoms with Gasteiger partial charge in [-0.3, -0.25) is 4.98 Å². The van der Waals surface area contributed by atoms with E-state index in [0.717, 1.165) is 28.3 Å². The summed E-state index contributed by atoms with van der Waals surface area (Å²) in [6.07, 6.45) is 1.86. The van der Waals surface area contributed by atoms with Crippen molar-refractivity contribution in [3.63, 3.8) is 0 Å². The maximum Gasteiger partial charge on any atom is 0.231 e. The summed E-state index contributed by atoms with van der Waals surface area (Å²) in [7, 11) is 0. The normalized spacial score (nSPS) is 12.8. The third-order valence-corrected chi connectivity index (χ3v) is 2.58. The zero-order valence-electron chi connectivity index (χ0n) is 8.93. The molecule has 2 heterocycles. The predicted octanol–water partition coefficient (Wildman–Crippen LogP) is 2.79. The van der Waals surface area contributed by atoms with Gasteiger partial charge in [0.2, 0.25) is 6.79 Å². The van der Waals surface area contributed by atoms with Gasteiger partial charge in [-0.2, -0.15) is 0 Å². The minimum absolute atomic E-state index is 0.306. The molecule has 80 valence electrons. The van der Waals surface area contributed by atoms with Crippen LogP contribution in [0.1, 0.15) is 5.56 Å². The van der Waals surface area contributed by atoms with Crippen molar-refractivity contribution in [3.05, 3.63) is 42.1 Å². The third-order valence-electron chi connectivity index (χ3n) is 2.58. The van der Waals surface area contributed by atoms with Gasteiger partial charge in [-0.1, -0.05) is 6.07 Å². The van der Waals surface area contributed by atoms with Gasteiger partial charge in [-0.05, 0) is 36.8 Å². The SMILES string of the molecule is Cc1ccc(-c2ccc3c(c2)OCO3)nc1. The largest absolute Gasteiger partial charge is 0.454 e. The number of hydrogen-bond donors (Lipinski definition) is 0. The molecule has 0 bridgehead atoms. The molecule has 1 aromatic carbocycles. The zero-order valence-corrected chi connectivity index (χ0v) is 8.93. The van der Waals surface area contributed by atoms with E-state index in [0.29, 0.717) is 6.79 Å². The van der Waals surface area contributed by atoms with E-state index in [1.165, 1.54) is 0 Å². The van der Waals surface area contributed by atoms with E-state index in [9.17, 15) is 0 Å². The van der Waals surface area contributed by atoms with Crippen LogP contribution in [0.4, 0.5) is 0 Å². The molecule has 1 aromatic heterocycles. The van der Waals surface area contributed by atoms with Gasteiger partial charge in [0.25, 0.3) is 0 Å². The average Bonchev–Trinajstić information content (AvgIpc) is 2.77. The van der Waals surface area contributed by atoms with Crippen LogP contribution in [0.15, 0.2) is 36.5 Å². The molecule has 0 N–H and O–H groups in total. The van der Waals surface area contributed by atoms with Crippen LogP contribution < -0.4 is 9.47 Å². The molecule has 0 amide bonds. The molecule has 2 aromatic rings. The lowest BCUT2D eigenvalue weighted by molar-refractivity contribution is 0.174. The number of aromatic nitrogens is 1. The molecule has 3 heteroatoms. The first-order chi connectivity index (χ1) is 7.83. The van der Waals surface area contributed by atoms with Gasteiger partial charge in [0.15, 0.2) is 11.5 Å². The van der Waals surface area contributed by atoms with Gasteiger partial charge in [0.05, 0.1) is 5.69 Å². The van der Waals surface area contributed by atoms with E-state index in [2.05, 4.69) is 4.98 Å². The van der Waals surface area contributed by atoms with E-state index >= 15 is 0 Å². The highest BCUT2D eigenvalue weighted by Gasteiger charge is 2.13. The second kappa shape index (κ2) is 3.52. The maximum atomic E-state index is 5.33. The van der Waals surface area contributed by atoms with Gasteiger partial charge >= 0.3 is 0 Å². The summed E-state index contributed by atoms with van der Waals surface area (Å²) >= 11 is 0. The van der Waals surface area contributed by atoms with Crippen molar-refractivity contribution in [1.82, 2.24) is 4.98 Å². The van der Waals surface area contributed by atoms with Crippen LogP contribution in [-0.4, -0.2) is 11.8 Å². The number of nitrogens with zero attached hydrogens (tertiary/aromatic N) is 1. The Labute approximate surface area is 93.7 Å². The fourth-order valence-electron chi connectivity index (χ4n) is 1.69. The second-order valence-electron chi connectivity index (χ2n) is 3.79. The molecule has 0 aliphatic carbocycles. The van der Waals surface area contributed by atoms with Gasteiger partial charge in [0.1, 0.15) is 0 Å². The summed E-state index contributed by atoms with van der Waals surface area (Å²) < 4.78 is 10.6. The van der Waals surface area contributed by atoms with Gasteiger partial charge in [-0.25, -0.2) is 0 Å². The fraction of sp³-hybridized carbons (Fsp3) is 0.154. The van der Waals surface area contributed by atoms with Crippen LogP contribution in [0, 0.1) is 6.92 Å². The van der Waals surface area contributed by atoms with E-state index in [4.69, 9.17) is 9.47 Å². The highest BCUT2D eigenvalue weighted by atomic mass is 16.7. The topological polar surface area (TPSA) is 31.4 Å². The fourth-order valence-corrected chi connectivity index (χ4v) is 1.69. The first-order valence-electron chi connectivity index (χ1n) is 5.15. The molecule has 0 unspecified atom stereocenters. The Kier molecular flexibility index (Phi) is 2.03. The molecule has 0 saturated heterocycles. The van der Waals surface area contributed by atoms with Gasteiger partial charge in [-0.15, -0.1) is 0 Å². The zero-order chi connectivity index (χ0) is 11.0. The summed E-state index contributed by atoms with van der Waals surface area (Å²) in [5, 5.41) is 0. The number of fused-ring (bicyclic) bond motifs is 1. The first kappa shape index (κ1) is 9.21. The number of aryl methyl sites for hydroxylation is 1. The number of pyridine rings is 1. The van der Waals surface area contributed by atoms with Crippen molar-refractivity contribution in [2.75, 3.05) is 6.79 Å². The summed E-state index contributed by atoms with van der Waals surface area (Å²) in [5.74, 6) is 1.59. The molecular weight excluding hydrogens is 202 g/mol. The van der Waals surface area contributed by atoms with E-state index in [1.54, 1.807) is 0 Å². The van der Waals surface area contributed by atoms with Crippen molar-refractivity contribution in [2.24, 2.45) is 0 Å². The van der Waals surface area contributed by atoms with Crippen LogP contribution >= 0.6 is 0 Å². The molecular formula is C13H11NO2. The van der Waals surface area contributed by atoms with E-state index in [-0.39, 0.29) is 0 Å². The molecule has 16 heavy (non-hydrogen) atoms. The second-order valence-corrected chi connectivity index (χ2v) is 3.79. The molecule has 0 saturated carbocycles. The van der Waals surface area contributed by atoms with Crippen molar-refractivity contribution in [1.29, 1.82) is 0 Å². The predicted molar refractivity (Wildman–Crippen MR) is 60.5 cm³/mol. The molecule has 1 aliphatic rings. The van der Waals surface area contributed by atoms with E-state index in [1.807, 2.05) is 43.5 Å². The lowest BCUT2D eigenvalue weighted by Gasteiger charge is -2.02. The average molecular weight is 213 g/mol. The lowest BCUT2D eigenvalue weighted by Crippen LogP contribution is -1.92. The van der Waals surface area contributed by atoms with Crippen LogP contribution in [-0.2, 0) is 0 Å². The minimum Gasteiger partial charge on any atom is -0.454 e. The molecule has 0 radical (unpaired) electrons. The molecule has 0 spiro atoms. The van der Waals surface area contributed by atoms with Crippen molar-refractivity contribution in [2.45, 2.75) is 6.92 Å². The number of benzene rings is 1. The van der Waals surface area contributed by atoms with Gasteiger partial charge in [0, 0.05) is 11.8 Å². The Morgan fingerprint density at radius 2 is 1.94 bits per heavy atom. The number of hydrogen-bond acceptors (Lipinski definition) is 3. The van der Waals surface area contributed by atoms with Gasteiger partial charge < -0.3 is 9.47 Å².